The van der Waals surface area contributed by atoms with Gasteiger partial charge in [0, 0.05) is 31.4 Å². The van der Waals surface area contributed by atoms with Crippen molar-refractivity contribution in [1.29, 1.82) is 0 Å². The van der Waals surface area contributed by atoms with E-state index in [-0.39, 0.29) is 0 Å². The number of benzene rings is 1. The summed E-state index contributed by atoms with van der Waals surface area (Å²) in [5.74, 6) is 0. The Morgan fingerprint density at radius 1 is 1.31 bits per heavy atom. The first-order valence-corrected chi connectivity index (χ1v) is 5.61. The molecular formula is C13H18N2O. The zero-order chi connectivity index (χ0) is 11.5. The van der Waals surface area contributed by atoms with Crippen molar-refractivity contribution >= 4 is 10.9 Å². The van der Waals surface area contributed by atoms with Crippen molar-refractivity contribution in [3.63, 3.8) is 0 Å². The lowest BCUT2D eigenvalue weighted by Gasteiger charge is -2.04. The Balaban J connectivity index is 2.42. The molecule has 2 aromatic rings. The Hall–Kier alpha value is -1.32. The Labute approximate surface area is 95.8 Å². The van der Waals surface area contributed by atoms with Crippen LogP contribution in [0.3, 0.4) is 0 Å². The van der Waals surface area contributed by atoms with Crippen LogP contribution in [0.5, 0.6) is 0 Å². The van der Waals surface area contributed by atoms with Crippen molar-refractivity contribution in [1.82, 2.24) is 4.57 Å². The topological polar surface area (TPSA) is 40.2 Å². The molecule has 0 saturated heterocycles. The minimum atomic E-state index is 0.585. The molecule has 0 bridgehead atoms. The van der Waals surface area contributed by atoms with Gasteiger partial charge < -0.3 is 15.0 Å². The molecule has 16 heavy (non-hydrogen) atoms. The summed E-state index contributed by atoms with van der Waals surface area (Å²) >= 11 is 0. The van der Waals surface area contributed by atoms with Crippen LogP contribution in [-0.2, 0) is 24.9 Å². The van der Waals surface area contributed by atoms with E-state index in [9.17, 15) is 0 Å². The van der Waals surface area contributed by atoms with Crippen LogP contribution in [0.4, 0.5) is 0 Å². The molecule has 0 spiro atoms. The van der Waals surface area contributed by atoms with E-state index >= 15 is 0 Å². The Bertz CT molecular complexity index is 488. The van der Waals surface area contributed by atoms with Gasteiger partial charge in [-0.15, -0.1) is 0 Å². The van der Waals surface area contributed by atoms with Crippen molar-refractivity contribution in [2.24, 2.45) is 12.8 Å². The normalized spacial score (nSPS) is 11.2. The number of nitrogens with zero attached hydrogens (tertiary/aromatic N) is 1. The van der Waals surface area contributed by atoms with Gasteiger partial charge in [-0.2, -0.15) is 0 Å². The molecule has 2 rings (SSSR count). The number of ether oxygens (including phenoxy) is 1. The Morgan fingerprint density at radius 3 is 2.81 bits per heavy atom. The first kappa shape index (κ1) is 11.2. The number of hydrogen-bond donors (Lipinski definition) is 1. The fourth-order valence-corrected chi connectivity index (χ4v) is 1.90. The Morgan fingerprint density at radius 2 is 2.12 bits per heavy atom. The van der Waals surface area contributed by atoms with Crippen LogP contribution in [0.15, 0.2) is 24.3 Å². The summed E-state index contributed by atoms with van der Waals surface area (Å²) in [6.07, 6.45) is 0. The molecule has 0 atom stereocenters. The first-order valence-electron chi connectivity index (χ1n) is 5.61. The van der Waals surface area contributed by atoms with E-state index in [1.165, 1.54) is 16.6 Å². The van der Waals surface area contributed by atoms with Crippen LogP contribution in [0.2, 0.25) is 0 Å². The van der Waals surface area contributed by atoms with Gasteiger partial charge in [0.15, 0.2) is 0 Å². The molecule has 86 valence electrons. The molecule has 0 radical (unpaired) electrons. The highest BCUT2D eigenvalue weighted by Crippen LogP contribution is 2.20. The van der Waals surface area contributed by atoms with Crippen LogP contribution in [0, 0.1) is 0 Å². The molecule has 3 nitrogen and oxygen atoms in total. The molecule has 0 aliphatic carbocycles. The van der Waals surface area contributed by atoms with E-state index < -0.39 is 0 Å². The lowest BCUT2D eigenvalue weighted by atomic mass is 10.1. The largest absolute Gasteiger partial charge is 0.376 e. The minimum Gasteiger partial charge on any atom is -0.376 e. The van der Waals surface area contributed by atoms with Crippen LogP contribution in [-0.4, -0.2) is 11.2 Å². The summed E-state index contributed by atoms with van der Waals surface area (Å²) in [7, 11) is 2.07. The summed E-state index contributed by atoms with van der Waals surface area (Å²) in [4.78, 5) is 0. The van der Waals surface area contributed by atoms with Gasteiger partial charge in [0.1, 0.15) is 0 Å². The van der Waals surface area contributed by atoms with Gasteiger partial charge in [-0.1, -0.05) is 12.1 Å². The molecule has 3 heteroatoms. The number of aromatic nitrogens is 1. The van der Waals surface area contributed by atoms with Crippen LogP contribution < -0.4 is 5.73 Å². The highest BCUT2D eigenvalue weighted by atomic mass is 16.5. The summed E-state index contributed by atoms with van der Waals surface area (Å²) in [6, 6.07) is 8.51. The number of fused-ring (bicyclic) bond motifs is 1. The summed E-state index contributed by atoms with van der Waals surface area (Å²) in [6.45, 7) is 4.01. The highest BCUT2D eigenvalue weighted by Gasteiger charge is 2.05. The zero-order valence-corrected chi connectivity index (χ0v) is 9.86. The van der Waals surface area contributed by atoms with Gasteiger partial charge in [0.2, 0.25) is 0 Å². The monoisotopic (exact) mass is 218 g/mol. The van der Waals surface area contributed by atoms with Crippen molar-refractivity contribution in [3.05, 3.63) is 35.5 Å². The first-order chi connectivity index (χ1) is 7.76. The third kappa shape index (κ3) is 1.96. The predicted molar refractivity (Wildman–Crippen MR) is 66.1 cm³/mol. The van der Waals surface area contributed by atoms with Gasteiger partial charge in [0.05, 0.1) is 6.61 Å². The number of nitrogens with two attached hydrogens (primary N) is 1. The van der Waals surface area contributed by atoms with Crippen LogP contribution in [0.1, 0.15) is 18.2 Å². The molecule has 0 unspecified atom stereocenters. The maximum atomic E-state index is 5.64. The van der Waals surface area contributed by atoms with Crippen molar-refractivity contribution < 1.29 is 4.74 Å². The number of aryl methyl sites for hydroxylation is 1. The van der Waals surface area contributed by atoms with Crippen LogP contribution in [0.25, 0.3) is 10.9 Å². The molecule has 0 amide bonds. The second-order valence-corrected chi connectivity index (χ2v) is 3.93. The number of hydrogen-bond acceptors (Lipinski definition) is 2. The average Bonchev–Trinajstić information content (AvgIpc) is 2.63. The Kier molecular flexibility index (Phi) is 3.27. The van der Waals surface area contributed by atoms with Crippen molar-refractivity contribution in [2.75, 3.05) is 6.61 Å². The van der Waals surface area contributed by atoms with Gasteiger partial charge >= 0.3 is 0 Å². The van der Waals surface area contributed by atoms with E-state index in [2.05, 4.69) is 35.9 Å². The third-order valence-corrected chi connectivity index (χ3v) is 2.90. The SMILES string of the molecule is CCOCc1cc2ccc(CN)cc2n1C. The zero-order valence-electron chi connectivity index (χ0n) is 9.86. The third-order valence-electron chi connectivity index (χ3n) is 2.90. The standard InChI is InChI=1S/C13H18N2O/c1-3-16-9-12-7-11-5-4-10(8-14)6-13(11)15(12)2/h4-7H,3,8-9,14H2,1-2H3. The molecule has 0 aliphatic heterocycles. The summed E-state index contributed by atoms with van der Waals surface area (Å²) in [5.41, 5.74) is 9.23. The van der Waals surface area contributed by atoms with Crippen LogP contribution >= 0.6 is 0 Å². The van der Waals surface area contributed by atoms with Gasteiger partial charge in [-0.3, -0.25) is 0 Å². The molecule has 2 N–H and O–H groups in total. The van der Waals surface area contributed by atoms with Crippen molar-refractivity contribution in [3.8, 4) is 0 Å². The fourth-order valence-electron chi connectivity index (χ4n) is 1.90. The summed E-state index contributed by atoms with van der Waals surface area (Å²) in [5, 5.41) is 1.24. The van der Waals surface area contributed by atoms with Gasteiger partial charge in [-0.25, -0.2) is 0 Å². The minimum absolute atomic E-state index is 0.585. The maximum Gasteiger partial charge on any atom is 0.0867 e. The lowest BCUT2D eigenvalue weighted by Crippen LogP contribution is -2.00. The quantitative estimate of drug-likeness (QED) is 0.854. The maximum absolute atomic E-state index is 5.64. The number of rotatable bonds is 4. The lowest BCUT2D eigenvalue weighted by molar-refractivity contribution is 0.129. The molecule has 1 aromatic carbocycles. The molecule has 1 heterocycles. The smallest absolute Gasteiger partial charge is 0.0867 e. The molecule has 0 aliphatic rings. The average molecular weight is 218 g/mol. The molecule has 0 fully saturated rings. The van der Waals surface area contributed by atoms with E-state index in [1.807, 2.05) is 6.92 Å². The van der Waals surface area contributed by atoms with E-state index in [1.54, 1.807) is 0 Å². The predicted octanol–water partition coefficient (Wildman–Crippen LogP) is 2.17. The molecule has 1 aromatic heterocycles. The molecular weight excluding hydrogens is 200 g/mol. The van der Waals surface area contributed by atoms with E-state index in [0.29, 0.717) is 13.2 Å². The van der Waals surface area contributed by atoms with E-state index in [0.717, 1.165) is 12.2 Å². The second-order valence-electron chi connectivity index (χ2n) is 3.93. The van der Waals surface area contributed by atoms with Gasteiger partial charge in [0.25, 0.3) is 0 Å². The fraction of sp³-hybridized carbons (Fsp3) is 0.385. The highest BCUT2D eigenvalue weighted by molar-refractivity contribution is 5.82. The second kappa shape index (κ2) is 4.68. The van der Waals surface area contributed by atoms with E-state index in [4.69, 9.17) is 10.5 Å². The van der Waals surface area contributed by atoms with Crippen molar-refractivity contribution in [2.45, 2.75) is 20.1 Å². The molecule has 0 saturated carbocycles. The summed E-state index contributed by atoms with van der Waals surface area (Å²) < 4.78 is 7.61. The van der Waals surface area contributed by atoms with Gasteiger partial charge in [-0.05, 0) is 30.0 Å².